The van der Waals surface area contributed by atoms with Gasteiger partial charge in [0.1, 0.15) is 0 Å². The zero-order chi connectivity index (χ0) is 19.5. The third kappa shape index (κ3) is 3.79. The van der Waals surface area contributed by atoms with E-state index in [0.717, 1.165) is 43.4 Å². The fourth-order valence-electron chi connectivity index (χ4n) is 4.54. The highest BCUT2D eigenvalue weighted by molar-refractivity contribution is 5.97. The molecule has 146 valence electrons. The smallest absolute Gasteiger partial charge is 0.230 e. The second kappa shape index (κ2) is 8.13. The topological polar surface area (TPSA) is 62.3 Å². The molecule has 28 heavy (non-hydrogen) atoms. The molecule has 0 bridgehead atoms. The number of benzene rings is 1. The highest BCUT2D eigenvalue weighted by Crippen LogP contribution is 2.37. The molecule has 1 aromatic heterocycles. The largest absolute Gasteiger partial charge is 0.352 e. The Morgan fingerprint density at radius 2 is 1.82 bits per heavy atom. The van der Waals surface area contributed by atoms with Crippen LogP contribution >= 0.6 is 0 Å². The number of pyridine rings is 1. The van der Waals surface area contributed by atoms with Crippen molar-refractivity contribution in [2.24, 2.45) is 11.8 Å². The minimum atomic E-state index is 0.00371. The molecule has 4 rings (SSSR count). The molecular weight excluding hydrogens is 350 g/mol. The molecule has 1 unspecified atom stereocenters. The monoisotopic (exact) mass is 377 g/mol. The van der Waals surface area contributed by atoms with Crippen LogP contribution in [0.4, 0.5) is 5.69 Å². The van der Waals surface area contributed by atoms with Gasteiger partial charge in [0.15, 0.2) is 0 Å². The molecule has 2 aliphatic rings. The molecule has 5 heteroatoms. The van der Waals surface area contributed by atoms with Gasteiger partial charge in [0.2, 0.25) is 11.8 Å². The lowest BCUT2D eigenvalue weighted by molar-refractivity contribution is -0.129. The van der Waals surface area contributed by atoms with E-state index in [0.29, 0.717) is 6.54 Å². The first-order valence-corrected chi connectivity index (χ1v) is 10.2. The Kier molecular flexibility index (Phi) is 5.42. The lowest BCUT2D eigenvalue weighted by Crippen LogP contribution is -2.42. The number of nitrogens with zero attached hydrogens (tertiary/aromatic N) is 2. The molecule has 0 radical (unpaired) electrons. The van der Waals surface area contributed by atoms with Gasteiger partial charge in [-0.2, -0.15) is 0 Å². The van der Waals surface area contributed by atoms with Crippen molar-refractivity contribution < 1.29 is 9.59 Å². The molecule has 1 aliphatic heterocycles. The lowest BCUT2D eigenvalue weighted by Gasteiger charge is -2.32. The summed E-state index contributed by atoms with van der Waals surface area (Å²) < 4.78 is 0. The summed E-state index contributed by atoms with van der Waals surface area (Å²) in [7, 11) is 0. The third-order valence-corrected chi connectivity index (χ3v) is 6.08. The molecule has 1 saturated carbocycles. The third-order valence-electron chi connectivity index (χ3n) is 6.08. The van der Waals surface area contributed by atoms with Crippen LogP contribution in [-0.2, 0) is 22.6 Å². The number of fused-ring (bicyclic) bond motifs is 1. The summed E-state index contributed by atoms with van der Waals surface area (Å²) in [6.45, 7) is 2.63. The van der Waals surface area contributed by atoms with Crippen molar-refractivity contribution >= 4 is 17.5 Å². The van der Waals surface area contributed by atoms with E-state index in [1.165, 1.54) is 5.56 Å². The average molecular weight is 377 g/mol. The average Bonchev–Trinajstić information content (AvgIpc) is 3.08. The van der Waals surface area contributed by atoms with Crippen LogP contribution in [0.3, 0.4) is 0 Å². The van der Waals surface area contributed by atoms with E-state index in [1.807, 2.05) is 35.2 Å². The molecule has 0 saturated heterocycles. The SMILES string of the molecule is CC1Cc2ccccc2N1C(=O)C1CCC(C(=O)NCc2cccnc2)CC1. The van der Waals surface area contributed by atoms with E-state index in [4.69, 9.17) is 0 Å². The first-order chi connectivity index (χ1) is 13.6. The summed E-state index contributed by atoms with van der Waals surface area (Å²) in [6, 6.07) is 12.2. The zero-order valence-electron chi connectivity index (χ0n) is 16.3. The van der Waals surface area contributed by atoms with Gasteiger partial charge in [0, 0.05) is 42.5 Å². The fourth-order valence-corrected chi connectivity index (χ4v) is 4.54. The molecule has 2 heterocycles. The number of hydrogen-bond donors (Lipinski definition) is 1. The van der Waals surface area contributed by atoms with E-state index >= 15 is 0 Å². The van der Waals surface area contributed by atoms with Crippen molar-refractivity contribution in [2.75, 3.05) is 4.90 Å². The highest BCUT2D eigenvalue weighted by atomic mass is 16.2. The van der Waals surface area contributed by atoms with Crippen LogP contribution in [0.5, 0.6) is 0 Å². The van der Waals surface area contributed by atoms with Crippen LogP contribution in [0.15, 0.2) is 48.8 Å². The first-order valence-electron chi connectivity index (χ1n) is 10.2. The van der Waals surface area contributed by atoms with Gasteiger partial charge in [-0.05, 0) is 62.3 Å². The number of para-hydroxylation sites is 1. The Bertz CT molecular complexity index is 844. The minimum absolute atomic E-state index is 0.00371. The highest BCUT2D eigenvalue weighted by Gasteiger charge is 2.37. The summed E-state index contributed by atoms with van der Waals surface area (Å²) in [5.41, 5.74) is 3.32. The number of aromatic nitrogens is 1. The van der Waals surface area contributed by atoms with E-state index in [2.05, 4.69) is 23.3 Å². The minimum Gasteiger partial charge on any atom is -0.352 e. The van der Waals surface area contributed by atoms with E-state index in [-0.39, 0.29) is 29.7 Å². The number of hydrogen-bond acceptors (Lipinski definition) is 3. The van der Waals surface area contributed by atoms with Gasteiger partial charge >= 0.3 is 0 Å². The van der Waals surface area contributed by atoms with Crippen molar-refractivity contribution in [3.8, 4) is 0 Å². The molecule has 2 amide bonds. The van der Waals surface area contributed by atoms with Gasteiger partial charge < -0.3 is 10.2 Å². The maximum absolute atomic E-state index is 13.2. The molecular formula is C23H27N3O2. The summed E-state index contributed by atoms with van der Waals surface area (Å²) >= 11 is 0. The molecule has 5 nitrogen and oxygen atoms in total. The summed E-state index contributed by atoms with van der Waals surface area (Å²) in [6.07, 6.45) is 7.55. The number of anilines is 1. The van der Waals surface area contributed by atoms with E-state index in [1.54, 1.807) is 12.4 Å². The van der Waals surface area contributed by atoms with Crippen LogP contribution in [0, 0.1) is 11.8 Å². The van der Waals surface area contributed by atoms with Crippen LogP contribution < -0.4 is 10.2 Å². The number of carbonyl (C=O) groups is 2. The van der Waals surface area contributed by atoms with Crippen molar-refractivity contribution in [1.82, 2.24) is 10.3 Å². The maximum atomic E-state index is 13.2. The molecule has 1 N–H and O–H groups in total. The quantitative estimate of drug-likeness (QED) is 0.887. The van der Waals surface area contributed by atoms with Crippen molar-refractivity contribution in [2.45, 2.75) is 51.6 Å². The van der Waals surface area contributed by atoms with Crippen LogP contribution in [-0.4, -0.2) is 22.8 Å². The molecule has 0 spiro atoms. The molecule has 2 aromatic rings. The number of rotatable bonds is 4. The number of nitrogens with one attached hydrogen (secondary N) is 1. The molecule has 1 aliphatic carbocycles. The standard InChI is InChI=1S/C23H27N3O2/c1-16-13-20-6-2-3-7-21(20)26(16)23(28)19-10-8-18(9-11-19)22(27)25-15-17-5-4-12-24-14-17/h2-7,12,14,16,18-19H,8-11,13,15H2,1H3,(H,25,27). The van der Waals surface area contributed by atoms with E-state index in [9.17, 15) is 9.59 Å². The van der Waals surface area contributed by atoms with Gasteiger partial charge in [-0.1, -0.05) is 24.3 Å². The predicted octanol–water partition coefficient (Wildman–Crippen LogP) is 3.48. The van der Waals surface area contributed by atoms with Crippen molar-refractivity contribution in [1.29, 1.82) is 0 Å². The number of amides is 2. The van der Waals surface area contributed by atoms with Gasteiger partial charge in [0.25, 0.3) is 0 Å². The van der Waals surface area contributed by atoms with Gasteiger partial charge in [-0.25, -0.2) is 0 Å². The molecule has 1 fully saturated rings. The molecule has 1 aromatic carbocycles. The summed E-state index contributed by atoms with van der Waals surface area (Å²) in [4.78, 5) is 31.7. The van der Waals surface area contributed by atoms with Crippen molar-refractivity contribution in [3.63, 3.8) is 0 Å². The Balaban J connectivity index is 1.31. The van der Waals surface area contributed by atoms with Gasteiger partial charge in [0.05, 0.1) is 0 Å². The Morgan fingerprint density at radius 1 is 1.07 bits per heavy atom. The summed E-state index contributed by atoms with van der Waals surface area (Å²) in [5, 5.41) is 3.01. The first kappa shape index (κ1) is 18.7. The maximum Gasteiger partial charge on any atom is 0.230 e. The predicted molar refractivity (Wildman–Crippen MR) is 109 cm³/mol. The van der Waals surface area contributed by atoms with Gasteiger partial charge in [-0.15, -0.1) is 0 Å². The van der Waals surface area contributed by atoms with Crippen LogP contribution in [0.25, 0.3) is 0 Å². The van der Waals surface area contributed by atoms with Gasteiger partial charge in [-0.3, -0.25) is 14.6 Å². The fraction of sp³-hybridized carbons (Fsp3) is 0.435. The lowest BCUT2D eigenvalue weighted by atomic mass is 9.80. The number of carbonyl (C=O) groups excluding carboxylic acids is 2. The van der Waals surface area contributed by atoms with Crippen LogP contribution in [0.1, 0.15) is 43.7 Å². The van der Waals surface area contributed by atoms with Crippen molar-refractivity contribution in [3.05, 3.63) is 59.9 Å². The zero-order valence-corrected chi connectivity index (χ0v) is 16.3. The van der Waals surface area contributed by atoms with E-state index < -0.39 is 0 Å². The van der Waals surface area contributed by atoms with Crippen LogP contribution in [0.2, 0.25) is 0 Å². The Hall–Kier alpha value is -2.69. The Morgan fingerprint density at radius 3 is 2.57 bits per heavy atom. The Labute approximate surface area is 166 Å². The second-order valence-electron chi connectivity index (χ2n) is 8.02. The summed E-state index contributed by atoms with van der Waals surface area (Å²) in [5.74, 6) is 0.348. The molecule has 1 atom stereocenters. The second-order valence-corrected chi connectivity index (χ2v) is 8.02. The normalized spacial score (nSPS) is 23.9.